The number of benzene rings is 1. The molecule has 1 N–H and O–H groups in total. The molecule has 6 nitrogen and oxygen atoms in total. The molecule has 23 heavy (non-hydrogen) atoms. The summed E-state index contributed by atoms with van der Waals surface area (Å²) in [6, 6.07) is 9.01. The van der Waals surface area contributed by atoms with Gasteiger partial charge in [0.1, 0.15) is 11.6 Å². The van der Waals surface area contributed by atoms with Crippen LogP contribution in [0, 0.1) is 0 Å². The number of carboxylic acids is 1. The van der Waals surface area contributed by atoms with Crippen LogP contribution in [0.25, 0.3) is 0 Å². The molecule has 0 aromatic heterocycles. The predicted molar refractivity (Wildman–Crippen MR) is 86.1 cm³/mol. The number of carboxylic acid groups (broad SMARTS) is 1. The molecule has 1 aliphatic heterocycles. The van der Waals surface area contributed by atoms with E-state index in [-0.39, 0.29) is 6.54 Å². The normalized spacial score (nSPS) is 19.4. The van der Waals surface area contributed by atoms with Gasteiger partial charge in [0.15, 0.2) is 0 Å². The highest BCUT2D eigenvalue weighted by Gasteiger charge is 2.35. The fourth-order valence-electron chi connectivity index (χ4n) is 2.55. The second-order valence-electron chi connectivity index (χ2n) is 6.74. The maximum absolute atomic E-state index is 12.1. The van der Waals surface area contributed by atoms with Crippen molar-refractivity contribution in [1.29, 1.82) is 0 Å². The van der Waals surface area contributed by atoms with Crippen LogP contribution in [0.3, 0.4) is 0 Å². The molecule has 1 fully saturated rings. The monoisotopic (exact) mass is 320 g/mol. The van der Waals surface area contributed by atoms with E-state index >= 15 is 0 Å². The Balaban J connectivity index is 2.03. The van der Waals surface area contributed by atoms with Crippen molar-refractivity contribution in [2.75, 3.05) is 19.6 Å². The first-order valence-electron chi connectivity index (χ1n) is 7.75. The summed E-state index contributed by atoms with van der Waals surface area (Å²) in [6.07, 6.45) is -0.455. The minimum Gasteiger partial charge on any atom is -0.480 e. The molecule has 6 heteroatoms. The molecular formula is C17H24N2O4. The number of carbonyl (C=O) groups excluding carboxylic acids is 1. The smallest absolute Gasteiger partial charge is 0.410 e. The van der Waals surface area contributed by atoms with Gasteiger partial charge in [-0.2, -0.15) is 0 Å². The molecule has 0 spiro atoms. The third-order valence-electron chi connectivity index (χ3n) is 3.66. The van der Waals surface area contributed by atoms with Crippen LogP contribution in [0.4, 0.5) is 4.79 Å². The minimum atomic E-state index is -0.922. The zero-order valence-corrected chi connectivity index (χ0v) is 13.9. The van der Waals surface area contributed by atoms with Gasteiger partial charge in [-0.25, -0.2) is 4.79 Å². The van der Waals surface area contributed by atoms with Crippen LogP contribution in [0.5, 0.6) is 0 Å². The number of nitrogens with zero attached hydrogens (tertiary/aromatic N) is 2. The predicted octanol–water partition coefficient (Wildman–Crippen LogP) is 2.19. The van der Waals surface area contributed by atoms with Crippen molar-refractivity contribution in [3.05, 3.63) is 35.9 Å². The number of rotatable bonds is 3. The lowest BCUT2D eigenvalue weighted by molar-refractivity contribution is -0.145. The lowest BCUT2D eigenvalue weighted by atomic mass is 10.1. The highest BCUT2D eigenvalue weighted by Crippen LogP contribution is 2.17. The first-order valence-corrected chi connectivity index (χ1v) is 7.75. The molecule has 1 atom stereocenters. The van der Waals surface area contributed by atoms with Crippen molar-refractivity contribution in [1.82, 2.24) is 9.80 Å². The Hall–Kier alpha value is -2.08. The molecule has 2 rings (SSSR count). The highest BCUT2D eigenvalue weighted by atomic mass is 16.6. The topological polar surface area (TPSA) is 70.1 Å². The molecule has 1 saturated heterocycles. The average Bonchev–Trinajstić information content (AvgIpc) is 2.46. The molecule has 1 heterocycles. The zero-order chi connectivity index (χ0) is 17.0. The number of hydrogen-bond donors (Lipinski definition) is 1. The van der Waals surface area contributed by atoms with E-state index in [0.29, 0.717) is 19.6 Å². The van der Waals surface area contributed by atoms with Gasteiger partial charge in [0, 0.05) is 19.6 Å². The third kappa shape index (κ3) is 4.96. The molecule has 0 saturated carbocycles. The number of amides is 1. The van der Waals surface area contributed by atoms with Crippen LogP contribution in [-0.2, 0) is 16.1 Å². The maximum atomic E-state index is 12.1. The van der Waals surface area contributed by atoms with Crippen LogP contribution in [0.15, 0.2) is 30.3 Å². The molecular weight excluding hydrogens is 296 g/mol. The van der Waals surface area contributed by atoms with E-state index in [4.69, 9.17) is 4.74 Å². The summed E-state index contributed by atoms with van der Waals surface area (Å²) < 4.78 is 5.33. The van der Waals surface area contributed by atoms with E-state index in [9.17, 15) is 14.7 Å². The zero-order valence-electron chi connectivity index (χ0n) is 13.9. The number of carbonyl (C=O) groups is 2. The molecule has 0 radical (unpaired) electrons. The largest absolute Gasteiger partial charge is 0.480 e. The van der Waals surface area contributed by atoms with Crippen LogP contribution in [0.2, 0.25) is 0 Å². The molecule has 1 aromatic carbocycles. The van der Waals surface area contributed by atoms with Gasteiger partial charge in [-0.1, -0.05) is 30.3 Å². The standard InChI is InChI=1S/C17H24N2O4/c1-17(2,3)23-16(22)19-10-9-18(14(12-19)15(20)21)11-13-7-5-4-6-8-13/h4-8,14H,9-12H2,1-3H3,(H,20,21)/t14-/m1/s1. The lowest BCUT2D eigenvalue weighted by Gasteiger charge is -2.39. The summed E-state index contributed by atoms with van der Waals surface area (Å²) in [7, 11) is 0. The molecule has 0 aliphatic carbocycles. The van der Waals surface area contributed by atoms with E-state index in [0.717, 1.165) is 5.56 Å². The lowest BCUT2D eigenvalue weighted by Crippen LogP contribution is -2.57. The molecule has 0 unspecified atom stereocenters. The van der Waals surface area contributed by atoms with E-state index in [1.165, 1.54) is 4.90 Å². The molecule has 0 bridgehead atoms. The van der Waals surface area contributed by atoms with Gasteiger partial charge >= 0.3 is 12.1 Å². The first kappa shape index (κ1) is 17.3. The van der Waals surface area contributed by atoms with Gasteiger partial charge in [-0.05, 0) is 26.3 Å². The van der Waals surface area contributed by atoms with Crippen molar-refractivity contribution in [2.24, 2.45) is 0 Å². The van der Waals surface area contributed by atoms with E-state index in [1.807, 2.05) is 35.2 Å². The van der Waals surface area contributed by atoms with E-state index < -0.39 is 23.7 Å². The molecule has 1 aromatic rings. The van der Waals surface area contributed by atoms with Crippen molar-refractivity contribution in [2.45, 2.75) is 39.0 Å². The average molecular weight is 320 g/mol. The SMILES string of the molecule is CC(C)(C)OC(=O)N1CCN(Cc2ccccc2)[C@@H](C(=O)O)C1. The summed E-state index contributed by atoms with van der Waals surface area (Å²) in [4.78, 5) is 27.1. The second-order valence-corrected chi connectivity index (χ2v) is 6.74. The fourth-order valence-corrected chi connectivity index (χ4v) is 2.55. The molecule has 1 amide bonds. The quantitative estimate of drug-likeness (QED) is 0.924. The van der Waals surface area contributed by atoms with Crippen LogP contribution in [0.1, 0.15) is 26.3 Å². The van der Waals surface area contributed by atoms with Crippen LogP contribution in [-0.4, -0.2) is 58.2 Å². The van der Waals surface area contributed by atoms with Crippen molar-refractivity contribution < 1.29 is 19.4 Å². The van der Waals surface area contributed by atoms with Gasteiger partial charge in [0.25, 0.3) is 0 Å². The summed E-state index contributed by atoms with van der Waals surface area (Å²) in [5.41, 5.74) is 0.473. The summed E-state index contributed by atoms with van der Waals surface area (Å²) in [6.45, 7) is 7.05. The Morgan fingerprint density at radius 3 is 2.43 bits per heavy atom. The van der Waals surface area contributed by atoms with Crippen LogP contribution >= 0.6 is 0 Å². The van der Waals surface area contributed by atoms with Gasteiger partial charge in [-0.3, -0.25) is 9.69 Å². The Morgan fingerprint density at radius 1 is 1.22 bits per heavy atom. The second kappa shape index (κ2) is 7.00. The maximum Gasteiger partial charge on any atom is 0.410 e. The number of piperazine rings is 1. The van der Waals surface area contributed by atoms with Crippen molar-refractivity contribution >= 4 is 12.1 Å². The van der Waals surface area contributed by atoms with E-state index in [1.54, 1.807) is 20.8 Å². The summed E-state index contributed by atoms with van der Waals surface area (Å²) in [5, 5.41) is 9.50. The Bertz CT molecular complexity index is 553. The molecule has 1 aliphatic rings. The Morgan fingerprint density at radius 2 is 1.87 bits per heavy atom. The third-order valence-corrected chi connectivity index (χ3v) is 3.66. The van der Waals surface area contributed by atoms with Gasteiger partial charge in [-0.15, -0.1) is 0 Å². The summed E-state index contributed by atoms with van der Waals surface area (Å²) in [5.74, 6) is -0.922. The van der Waals surface area contributed by atoms with E-state index in [2.05, 4.69) is 0 Å². The van der Waals surface area contributed by atoms with Crippen molar-refractivity contribution in [3.63, 3.8) is 0 Å². The Labute approximate surface area is 136 Å². The fraction of sp³-hybridized carbons (Fsp3) is 0.529. The highest BCUT2D eigenvalue weighted by molar-refractivity contribution is 5.76. The van der Waals surface area contributed by atoms with Crippen molar-refractivity contribution in [3.8, 4) is 0 Å². The molecule has 126 valence electrons. The summed E-state index contributed by atoms with van der Waals surface area (Å²) >= 11 is 0. The number of aliphatic carboxylic acids is 1. The van der Waals surface area contributed by atoms with Gasteiger partial charge < -0.3 is 14.7 Å². The van der Waals surface area contributed by atoms with Crippen LogP contribution < -0.4 is 0 Å². The van der Waals surface area contributed by atoms with Gasteiger partial charge in [0.2, 0.25) is 0 Å². The van der Waals surface area contributed by atoms with Gasteiger partial charge in [0.05, 0.1) is 6.54 Å². The Kier molecular flexibility index (Phi) is 5.26. The minimum absolute atomic E-state index is 0.136. The number of ether oxygens (including phenoxy) is 1. The number of hydrogen-bond acceptors (Lipinski definition) is 4. The first-order chi connectivity index (χ1) is 10.8.